The number of carbonyl (C=O) groups excluding carboxylic acids is 5. The maximum Gasteiger partial charge on any atom is 0.343 e. The van der Waals surface area contributed by atoms with Gasteiger partial charge in [-0.25, -0.2) is 9.80 Å². The van der Waals surface area contributed by atoms with Gasteiger partial charge in [0.1, 0.15) is 22.0 Å². The molecular weight excluding hydrogens is 780 g/mol. The molecule has 47 heavy (non-hydrogen) atoms. The van der Waals surface area contributed by atoms with E-state index in [9.17, 15) is 24.0 Å². The van der Waals surface area contributed by atoms with Crippen LogP contribution < -0.4 is 4.74 Å². The fourth-order valence-electron chi connectivity index (χ4n) is 5.91. The second kappa shape index (κ2) is 12.1. The maximum atomic E-state index is 14.1. The van der Waals surface area contributed by atoms with E-state index >= 15 is 0 Å². The van der Waals surface area contributed by atoms with Gasteiger partial charge in [0.25, 0.3) is 17.7 Å². The van der Waals surface area contributed by atoms with Gasteiger partial charge in [-0.05, 0) is 54.6 Å². The van der Waals surface area contributed by atoms with Crippen molar-refractivity contribution in [3.8, 4) is 5.75 Å². The number of carbonyl (C=O) groups is 5. The van der Waals surface area contributed by atoms with Gasteiger partial charge in [0.15, 0.2) is 10.1 Å². The van der Waals surface area contributed by atoms with Crippen LogP contribution in [0.15, 0.2) is 82.9 Å². The van der Waals surface area contributed by atoms with Gasteiger partial charge < -0.3 is 4.74 Å². The molecule has 0 radical (unpaired) electrons. The molecule has 242 valence electrons. The van der Waals surface area contributed by atoms with Gasteiger partial charge in [0.2, 0.25) is 0 Å². The number of esters is 1. The van der Waals surface area contributed by atoms with E-state index in [1.54, 1.807) is 30.3 Å². The Labute approximate surface area is 306 Å². The zero-order valence-corrected chi connectivity index (χ0v) is 29.2. The Bertz CT molecular complexity index is 1870. The summed E-state index contributed by atoms with van der Waals surface area (Å²) in [6.07, 6.45) is 0. The van der Waals surface area contributed by atoms with E-state index < -0.39 is 61.9 Å². The number of imide groups is 1. The van der Waals surface area contributed by atoms with Crippen LogP contribution >= 0.6 is 92.8 Å². The highest BCUT2D eigenvalue weighted by Gasteiger charge is 2.88. The third-order valence-corrected chi connectivity index (χ3v) is 13.2. The number of benzene rings is 3. The summed E-state index contributed by atoms with van der Waals surface area (Å²) in [6, 6.07) is 17.5. The predicted octanol–water partition coefficient (Wildman–Crippen LogP) is 7.90. The lowest BCUT2D eigenvalue weighted by Gasteiger charge is -2.36. The number of amides is 3. The van der Waals surface area contributed by atoms with Crippen LogP contribution in [0.4, 0.5) is 0 Å². The second-order valence-electron chi connectivity index (χ2n) is 10.8. The minimum atomic E-state index is -2.20. The molecular formula is C31H16Cl8N2O6. The number of halogens is 8. The molecule has 2 aliphatic carbocycles. The Morgan fingerprint density at radius 3 is 1.77 bits per heavy atom. The lowest BCUT2D eigenvalue weighted by atomic mass is 9.84. The van der Waals surface area contributed by atoms with Crippen LogP contribution in [0.25, 0.3) is 0 Å². The molecule has 1 saturated carbocycles. The fourth-order valence-corrected chi connectivity index (χ4v) is 9.13. The van der Waals surface area contributed by atoms with Crippen molar-refractivity contribution < 1.29 is 28.7 Å². The summed E-state index contributed by atoms with van der Waals surface area (Å²) >= 11 is 51.8. The van der Waals surface area contributed by atoms with Crippen LogP contribution in [0, 0.1) is 11.8 Å². The second-order valence-corrected chi connectivity index (χ2v) is 14.9. The Hall–Kier alpha value is -2.53. The molecule has 3 aromatic carbocycles. The Morgan fingerprint density at radius 1 is 0.702 bits per heavy atom. The first-order chi connectivity index (χ1) is 22.1. The zero-order chi connectivity index (χ0) is 34.2. The first kappa shape index (κ1) is 34.3. The van der Waals surface area contributed by atoms with Crippen molar-refractivity contribution >= 4 is 122 Å². The van der Waals surface area contributed by atoms with Crippen molar-refractivity contribution in [2.45, 2.75) is 14.1 Å². The number of nitrogens with zero attached hydrogens (tertiary/aromatic N) is 2. The van der Waals surface area contributed by atoms with Crippen LogP contribution in [0.1, 0.15) is 31.1 Å². The summed E-state index contributed by atoms with van der Waals surface area (Å²) in [7, 11) is 0. The van der Waals surface area contributed by atoms with E-state index in [1.807, 2.05) is 0 Å². The van der Waals surface area contributed by atoms with Gasteiger partial charge in [-0.1, -0.05) is 87.8 Å². The molecule has 3 amide bonds. The highest BCUT2D eigenvalue weighted by atomic mass is 35.5. The Kier molecular flexibility index (Phi) is 8.85. The molecule has 0 spiro atoms. The lowest BCUT2D eigenvalue weighted by Crippen LogP contribution is -2.56. The Morgan fingerprint density at radius 2 is 1.23 bits per heavy atom. The van der Waals surface area contributed by atoms with Crippen LogP contribution in [-0.4, -0.2) is 60.1 Å². The highest BCUT2D eigenvalue weighted by Crippen LogP contribution is 2.77. The molecule has 6 rings (SSSR count). The monoisotopic (exact) mass is 792 g/mol. The topological polar surface area (TPSA) is 101 Å². The number of alkyl halides is 4. The third-order valence-electron chi connectivity index (χ3n) is 8.22. The van der Waals surface area contributed by atoms with Gasteiger partial charge in [-0.3, -0.25) is 19.2 Å². The standard InChI is InChI=1S/C31H16Cl8N2O6/c32-18-11-8-16(12-19(18)33)25(43)40(13-20(42)14-6-9-17(10-7-14)47-28(46)15-4-2-1-3-5-15)41-26(44)21-22(27(41)45)30(37)24(35)23(34)29(21,36)31(30,38)39/h1-12,21-22H,13H2/t21-,22+,29-,30-/m1/s1. The van der Waals surface area contributed by atoms with E-state index in [0.717, 1.165) is 0 Å². The third kappa shape index (κ3) is 4.98. The molecule has 1 aliphatic heterocycles. The summed E-state index contributed by atoms with van der Waals surface area (Å²) in [4.78, 5) is 63.9. The van der Waals surface area contributed by atoms with Crippen molar-refractivity contribution in [2.75, 3.05) is 6.54 Å². The normalized spacial score (nSPS) is 25.7. The number of hydrogen-bond acceptors (Lipinski definition) is 6. The first-order valence-corrected chi connectivity index (χ1v) is 16.5. The molecule has 8 nitrogen and oxygen atoms in total. The van der Waals surface area contributed by atoms with Crippen LogP contribution in [0.3, 0.4) is 0 Å². The largest absolute Gasteiger partial charge is 0.423 e. The number of allylic oxidation sites excluding steroid dienone is 2. The van der Waals surface area contributed by atoms with Crippen molar-refractivity contribution in [3.05, 3.63) is 110 Å². The number of hydrazine groups is 1. The molecule has 3 aromatic rings. The number of ether oxygens (including phenoxy) is 1. The minimum absolute atomic E-state index is 0.00493. The highest BCUT2D eigenvalue weighted by molar-refractivity contribution is 6.66. The van der Waals surface area contributed by atoms with E-state index in [-0.39, 0.29) is 37.0 Å². The molecule has 1 saturated heterocycles. The molecule has 2 bridgehead atoms. The van der Waals surface area contributed by atoms with Crippen LogP contribution in [-0.2, 0) is 9.59 Å². The smallest absolute Gasteiger partial charge is 0.343 e. The summed E-state index contributed by atoms with van der Waals surface area (Å²) in [6.45, 7) is -0.828. The number of ketones is 1. The van der Waals surface area contributed by atoms with E-state index in [2.05, 4.69) is 0 Å². The van der Waals surface area contributed by atoms with Crippen LogP contribution in [0.5, 0.6) is 5.75 Å². The molecule has 1 heterocycles. The first-order valence-electron chi connectivity index (χ1n) is 13.4. The number of Topliss-reactive ketones (excluding diaryl/α,β-unsaturated/α-hetero) is 1. The van der Waals surface area contributed by atoms with E-state index in [0.29, 0.717) is 15.6 Å². The van der Waals surface area contributed by atoms with E-state index in [1.165, 1.54) is 42.5 Å². The van der Waals surface area contributed by atoms with Gasteiger partial charge in [-0.2, -0.15) is 5.01 Å². The molecule has 2 fully saturated rings. The molecule has 3 aliphatic rings. The van der Waals surface area contributed by atoms with Crippen molar-refractivity contribution in [2.24, 2.45) is 11.8 Å². The van der Waals surface area contributed by atoms with Crippen LogP contribution in [0.2, 0.25) is 10.0 Å². The maximum absolute atomic E-state index is 14.1. The minimum Gasteiger partial charge on any atom is -0.423 e. The van der Waals surface area contributed by atoms with Crippen molar-refractivity contribution in [3.63, 3.8) is 0 Å². The van der Waals surface area contributed by atoms with E-state index in [4.69, 9.17) is 97.5 Å². The van der Waals surface area contributed by atoms with Gasteiger partial charge in [0, 0.05) is 11.1 Å². The number of fused-ring (bicyclic) bond motifs is 5. The molecule has 0 unspecified atom stereocenters. The molecule has 16 heteroatoms. The average Bonchev–Trinajstić information content (AvgIpc) is 3.44. The lowest BCUT2D eigenvalue weighted by molar-refractivity contribution is -0.154. The van der Waals surface area contributed by atoms with Crippen molar-refractivity contribution in [1.29, 1.82) is 0 Å². The predicted molar refractivity (Wildman–Crippen MR) is 179 cm³/mol. The van der Waals surface area contributed by atoms with Gasteiger partial charge in [0.05, 0.1) is 37.5 Å². The average molecular weight is 796 g/mol. The van der Waals surface area contributed by atoms with Gasteiger partial charge >= 0.3 is 5.97 Å². The number of rotatable bonds is 7. The summed E-state index contributed by atoms with van der Waals surface area (Å²) in [5, 5.41) is 0.593. The quantitative estimate of drug-likeness (QED) is 0.0793. The Balaban J connectivity index is 1.33. The SMILES string of the molecule is O=C(CN(C(=O)c1ccc(Cl)c(Cl)c1)N1C(=O)[C@@H]2[C@H](C1=O)[C@@]1(Cl)C(Cl)=C(Cl)[C@@]2(Cl)C1(Cl)Cl)c1ccc(OC(=O)c2ccccc2)cc1. The summed E-state index contributed by atoms with van der Waals surface area (Å²) < 4.78 is 3.15. The van der Waals surface area contributed by atoms with Crippen molar-refractivity contribution in [1.82, 2.24) is 10.0 Å². The number of hydrogen-bond donors (Lipinski definition) is 0. The fraction of sp³-hybridized carbons (Fsp3) is 0.194. The summed E-state index contributed by atoms with van der Waals surface area (Å²) in [5.74, 6) is -7.37. The molecule has 0 aromatic heterocycles. The summed E-state index contributed by atoms with van der Waals surface area (Å²) in [5.41, 5.74) is 0.250. The van der Waals surface area contributed by atoms with Gasteiger partial charge in [-0.15, -0.1) is 23.2 Å². The molecule has 0 N–H and O–H groups in total. The molecule has 4 atom stereocenters. The zero-order valence-electron chi connectivity index (χ0n) is 23.2.